The van der Waals surface area contributed by atoms with E-state index in [4.69, 9.17) is 4.74 Å². The van der Waals surface area contributed by atoms with Crippen molar-refractivity contribution in [2.45, 2.75) is 57.3 Å². The minimum absolute atomic E-state index is 0.0831. The molecule has 2 rings (SSSR count). The fraction of sp³-hybridized carbons (Fsp3) is 0.867. The third kappa shape index (κ3) is 4.29. The van der Waals surface area contributed by atoms with Crippen LogP contribution in [0.1, 0.15) is 40.0 Å². The monoisotopic (exact) mass is 329 g/mol. The highest BCUT2D eigenvalue weighted by Crippen LogP contribution is 2.26. The highest BCUT2D eigenvalue weighted by atomic mass is 32.2. The van der Waals surface area contributed by atoms with Crippen LogP contribution in [0.4, 0.5) is 4.79 Å². The quantitative estimate of drug-likeness (QED) is 0.822. The Morgan fingerprint density at radius 2 is 2.05 bits per heavy atom. The van der Waals surface area contributed by atoms with Gasteiger partial charge in [-0.05, 0) is 39.2 Å². The zero-order valence-corrected chi connectivity index (χ0v) is 14.7. The maximum atomic E-state index is 12.1. The third-order valence-corrected chi connectivity index (χ3v) is 4.65. The lowest BCUT2D eigenvalue weighted by atomic mass is 9.98. The number of ether oxygens (including phenoxy) is 1. The third-order valence-electron chi connectivity index (χ3n) is 4.01. The highest BCUT2D eigenvalue weighted by molar-refractivity contribution is 7.98. The van der Waals surface area contributed by atoms with Gasteiger partial charge in [0.1, 0.15) is 5.60 Å². The molecule has 126 valence electrons. The second kappa shape index (κ2) is 6.66. The molecule has 2 amide bonds. The Kier molecular flexibility index (Phi) is 5.27. The van der Waals surface area contributed by atoms with E-state index in [-0.39, 0.29) is 23.7 Å². The van der Waals surface area contributed by atoms with E-state index in [9.17, 15) is 9.59 Å². The molecular weight excluding hydrogens is 302 g/mol. The number of carbonyl (C=O) groups is 2. The molecule has 22 heavy (non-hydrogen) atoms. The van der Waals surface area contributed by atoms with Crippen molar-refractivity contribution >= 4 is 23.8 Å². The number of hydrogen-bond donors (Lipinski definition) is 2. The van der Waals surface area contributed by atoms with E-state index in [1.54, 1.807) is 16.7 Å². The van der Waals surface area contributed by atoms with Crippen LogP contribution in [0.25, 0.3) is 0 Å². The predicted octanol–water partition coefficient (Wildman–Crippen LogP) is 1.55. The molecule has 1 atom stereocenters. The number of rotatable bonds is 3. The standard InChI is InChI=1S/C15H27N3O3S/c1-14(2,3)21-13(20)18-8-6-15(7-9-18)16-11(5-10-22-4)12(19)17-15/h11,16H,5-10H2,1-4H3,(H,17,19)/t11-/m0/s1. The molecule has 0 aromatic heterocycles. The number of amides is 2. The van der Waals surface area contributed by atoms with Crippen molar-refractivity contribution < 1.29 is 14.3 Å². The summed E-state index contributed by atoms with van der Waals surface area (Å²) in [6.45, 7) is 6.79. The van der Waals surface area contributed by atoms with Crippen LogP contribution < -0.4 is 10.6 Å². The van der Waals surface area contributed by atoms with Crippen molar-refractivity contribution in [2.24, 2.45) is 0 Å². The Bertz CT molecular complexity index is 428. The van der Waals surface area contributed by atoms with Crippen molar-refractivity contribution in [2.75, 3.05) is 25.1 Å². The molecule has 7 heteroatoms. The van der Waals surface area contributed by atoms with E-state index in [2.05, 4.69) is 10.6 Å². The summed E-state index contributed by atoms with van der Waals surface area (Å²) in [6.07, 6.45) is 4.04. The molecule has 0 bridgehead atoms. The number of nitrogens with zero attached hydrogens (tertiary/aromatic N) is 1. The van der Waals surface area contributed by atoms with Crippen LogP contribution >= 0.6 is 11.8 Å². The first-order valence-corrected chi connectivity index (χ1v) is 9.21. The second-order valence-corrected chi connectivity index (χ2v) is 8.00. The summed E-state index contributed by atoms with van der Waals surface area (Å²) in [5, 5.41) is 6.54. The molecule has 0 saturated carbocycles. The molecule has 2 heterocycles. The number of carbonyl (C=O) groups excluding carboxylic acids is 2. The first kappa shape index (κ1) is 17.4. The maximum absolute atomic E-state index is 12.1. The smallest absolute Gasteiger partial charge is 0.410 e. The van der Waals surface area contributed by atoms with Crippen molar-refractivity contribution in [3.05, 3.63) is 0 Å². The first-order chi connectivity index (χ1) is 10.2. The van der Waals surface area contributed by atoms with Crippen molar-refractivity contribution in [3.63, 3.8) is 0 Å². The van der Waals surface area contributed by atoms with E-state index >= 15 is 0 Å². The topological polar surface area (TPSA) is 70.7 Å². The van der Waals surface area contributed by atoms with E-state index in [0.717, 1.165) is 12.2 Å². The fourth-order valence-corrected chi connectivity index (χ4v) is 3.34. The van der Waals surface area contributed by atoms with Gasteiger partial charge in [-0.2, -0.15) is 11.8 Å². The van der Waals surface area contributed by atoms with Crippen LogP contribution in [-0.2, 0) is 9.53 Å². The zero-order valence-electron chi connectivity index (χ0n) is 13.9. The minimum atomic E-state index is -0.477. The van der Waals surface area contributed by atoms with Crippen LogP contribution in [0.2, 0.25) is 0 Å². The second-order valence-electron chi connectivity index (χ2n) is 7.02. The van der Waals surface area contributed by atoms with Gasteiger partial charge in [-0.1, -0.05) is 0 Å². The molecule has 0 radical (unpaired) electrons. The molecule has 0 unspecified atom stereocenters. The Hall–Kier alpha value is -0.950. The molecule has 2 N–H and O–H groups in total. The summed E-state index contributed by atoms with van der Waals surface area (Å²) in [7, 11) is 0. The predicted molar refractivity (Wildman–Crippen MR) is 87.8 cm³/mol. The lowest BCUT2D eigenvalue weighted by molar-refractivity contribution is -0.121. The number of nitrogens with one attached hydrogen (secondary N) is 2. The van der Waals surface area contributed by atoms with Gasteiger partial charge in [0.05, 0.1) is 11.7 Å². The molecule has 2 aliphatic rings. The normalized spacial score (nSPS) is 24.5. The number of thioether (sulfide) groups is 1. The summed E-state index contributed by atoms with van der Waals surface area (Å²) in [5.41, 5.74) is -0.826. The number of piperidine rings is 1. The van der Waals surface area contributed by atoms with E-state index in [0.29, 0.717) is 25.9 Å². The van der Waals surface area contributed by atoms with Gasteiger partial charge in [0.25, 0.3) is 0 Å². The molecule has 2 aliphatic heterocycles. The van der Waals surface area contributed by atoms with Crippen molar-refractivity contribution in [3.8, 4) is 0 Å². The van der Waals surface area contributed by atoms with Gasteiger partial charge in [0, 0.05) is 25.9 Å². The molecule has 2 fully saturated rings. The van der Waals surface area contributed by atoms with Crippen molar-refractivity contribution in [1.82, 2.24) is 15.5 Å². The average Bonchev–Trinajstić information content (AvgIpc) is 2.71. The van der Waals surface area contributed by atoms with Crippen LogP contribution in [0.3, 0.4) is 0 Å². The largest absolute Gasteiger partial charge is 0.444 e. The number of likely N-dealkylation sites (tertiary alicyclic amines) is 1. The lowest BCUT2D eigenvalue weighted by Crippen LogP contribution is -2.58. The molecule has 0 aromatic rings. The Morgan fingerprint density at radius 1 is 1.41 bits per heavy atom. The molecular formula is C15H27N3O3S. The molecule has 1 spiro atoms. The maximum Gasteiger partial charge on any atom is 0.410 e. The molecule has 6 nitrogen and oxygen atoms in total. The highest BCUT2D eigenvalue weighted by Gasteiger charge is 2.45. The average molecular weight is 329 g/mol. The SMILES string of the molecule is CSCC[C@@H]1NC2(CCN(C(=O)OC(C)(C)C)CC2)NC1=O. The molecule has 2 saturated heterocycles. The summed E-state index contributed by atoms with van der Waals surface area (Å²) in [4.78, 5) is 25.9. The summed E-state index contributed by atoms with van der Waals surface area (Å²) >= 11 is 1.75. The zero-order chi connectivity index (χ0) is 16.4. The van der Waals surface area contributed by atoms with E-state index in [1.165, 1.54) is 0 Å². The fourth-order valence-electron chi connectivity index (χ4n) is 2.86. The Balaban J connectivity index is 1.87. The first-order valence-electron chi connectivity index (χ1n) is 7.81. The van der Waals surface area contributed by atoms with Gasteiger partial charge >= 0.3 is 6.09 Å². The lowest BCUT2D eigenvalue weighted by Gasteiger charge is -2.39. The van der Waals surface area contributed by atoms with Crippen LogP contribution in [0.15, 0.2) is 0 Å². The van der Waals surface area contributed by atoms with Gasteiger partial charge in [-0.15, -0.1) is 0 Å². The summed E-state index contributed by atoms with van der Waals surface area (Å²) in [6, 6.07) is -0.111. The van der Waals surface area contributed by atoms with Gasteiger partial charge in [-0.3, -0.25) is 10.1 Å². The van der Waals surface area contributed by atoms with Gasteiger partial charge in [0.2, 0.25) is 5.91 Å². The van der Waals surface area contributed by atoms with Gasteiger partial charge < -0.3 is 15.0 Å². The van der Waals surface area contributed by atoms with Crippen LogP contribution in [0, 0.1) is 0 Å². The molecule has 0 aromatic carbocycles. The van der Waals surface area contributed by atoms with Crippen LogP contribution in [-0.4, -0.2) is 59.3 Å². The summed E-state index contributed by atoms with van der Waals surface area (Å²) < 4.78 is 5.40. The number of hydrogen-bond acceptors (Lipinski definition) is 5. The Labute approximate surface area is 136 Å². The van der Waals surface area contributed by atoms with E-state index in [1.807, 2.05) is 27.0 Å². The van der Waals surface area contributed by atoms with Crippen molar-refractivity contribution in [1.29, 1.82) is 0 Å². The van der Waals surface area contributed by atoms with Gasteiger partial charge in [-0.25, -0.2) is 4.79 Å². The Morgan fingerprint density at radius 3 is 2.59 bits per heavy atom. The minimum Gasteiger partial charge on any atom is -0.444 e. The van der Waals surface area contributed by atoms with E-state index < -0.39 is 5.60 Å². The summed E-state index contributed by atoms with van der Waals surface area (Å²) in [5.74, 6) is 1.05. The molecule has 0 aliphatic carbocycles. The van der Waals surface area contributed by atoms with Crippen LogP contribution in [0.5, 0.6) is 0 Å². The van der Waals surface area contributed by atoms with Gasteiger partial charge in [0.15, 0.2) is 0 Å².